The Labute approximate surface area is 137 Å². The van der Waals surface area contributed by atoms with E-state index in [0.717, 1.165) is 11.4 Å². The SMILES string of the molecule is CN(C)c1cccc(-n2c(=S)[nH]c3ccc(Cl)cc3c2=O)c1. The van der Waals surface area contributed by atoms with Gasteiger partial charge in [-0.2, -0.15) is 0 Å². The van der Waals surface area contributed by atoms with Crippen molar-refractivity contribution in [1.82, 2.24) is 9.55 Å². The second-order valence-electron chi connectivity index (χ2n) is 5.17. The summed E-state index contributed by atoms with van der Waals surface area (Å²) in [5.74, 6) is 0. The van der Waals surface area contributed by atoms with E-state index < -0.39 is 0 Å². The van der Waals surface area contributed by atoms with E-state index in [9.17, 15) is 4.79 Å². The average Bonchev–Trinajstić information content (AvgIpc) is 2.48. The molecule has 22 heavy (non-hydrogen) atoms. The molecule has 0 saturated heterocycles. The number of hydrogen-bond acceptors (Lipinski definition) is 3. The van der Waals surface area contributed by atoms with Crippen LogP contribution in [0, 0.1) is 4.77 Å². The van der Waals surface area contributed by atoms with Crippen LogP contribution in [0.2, 0.25) is 5.02 Å². The number of anilines is 1. The lowest BCUT2D eigenvalue weighted by Gasteiger charge is -2.15. The van der Waals surface area contributed by atoms with Crippen molar-refractivity contribution in [2.45, 2.75) is 0 Å². The number of aromatic nitrogens is 2. The van der Waals surface area contributed by atoms with Gasteiger partial charge in [-0.3, -0.25) is 9.36 Å². The molecular weight excluding hydrogens is 318 g/mol. The molecule has 3 rings (SSSR count). The normalized spacial score (nSPS) is 10.9. The van der Waals surface area contributed by atoms with Gasteiger partial charge in [0.1, 0.15) is 0 Å². The van der Waals surface area contributed by atoms with E-state index >= 15 is 0 Å². The number of rotatable bonds is 2. The minimum atomic E-state index is -0.183. The van der Waals surface area contributed by atoms with Gasteiger partial charge in [-0.25, -0.2) is 0 Å². The molecule has 0 bridgehead atoms. The van der Waals surface area contributed by atoms with E-state index in [4.69, 9.17) is 23.8 Å². The molecule has 1 N–H and O–H groups in total. The van der Waals surface area contributed by atoms with Gasteiger partial charge in [0.15, 0.2) is 4.77 Å². The number of aromatic amines is 1. The molecule has 0 aliphatic rings. The fourth-order valence-electron chi connectivity index (χ4n) is 2.33. The lowest BCUT2D eigenvalue weighted by molar-refractivity contribution is 0.938. The summed E-state index contributed by atoms with van der Waals surface area (Å²) in [6, 6.07) is 12.8. The fraction of sp³-hybridized carbons (Fsp3) is 0.125. The minimum Gasteiger partial charge on any atom is -0.378 e. The predicted octanol–water partition coefficient (Wildman–Crippen LogP) is 3.77. The summed E-state index contributed by atoms with van der Waals surface area (Å²) in [4.78, 5) is 17.8. The zero-order valence-corrected chi connectivity index (χ0v) is 13.7. The second-order valence-corrected chi connectivity index (χ2v) is 6.00. The third-order valence-corrected chi connectivity index (χ3v) is 3.98. The Bertz CT molecular complexity index is 975. The number of halogens is 1. The van der Waals surface area contributed by atoms with E-state index in [1.807, 2.05) is 43.3 Å². The maximum absolute atomic E-state index is 12.8. The Hall–Kier alpha value is -2.11. The van der Waals surface area contributed by atoms with Gasteiger partial charge in [0.2, 0.25) is 0 Å². The van der Waals surface area contributed by atoms with Gasteiger partial charge in [0.05, 0.1) is 16.6 Å². The van der Waals surface area contributed by atoms with Crippen molar-refractivity contribution < 1.29 is 0 Å². The molecule has 0 aliphatic carbocycles. The Morgan fingerprint density at radius 1 is 1.18 bits per heavy atom. The first-order valence-electron chi connectivity index (χ1n) is 6.70. The summed E-state index contributed by atoms with van der Waals surface area (Å²) >= 11 is 11.4. The maximum Gasteiger partial charge on any atom is 0.266 e. The molecule has 0 unspecified atom stereocenters. The number of nitrogens with zero attached hydrogens (tertiary/aromatic N) is 2. The van der Waals surface area contributed by atoms with Gasteiger partial charge in [0, 0.05) is 24.8 Å². The van der Waals surface area contributed by atoms with Crippen LogP contribution in [-0.2, 0) is 0 Å². The largest absolute Gasteiger partial charge is 0.378 e. The van der Waals surface area contributed by atoms with Crippen LogP contribution in [0.4, 0.5) is 5.69 Å². The monoisotopic (exact) mass is 331 g/mol. The highest BCUT2D eigenvalue weighted by atomic mass is 35.5. The third-order valence-electron chi connectivity index (χ3n) is 3.46. The van der Waals surface area contributed by atoms with Crippen LogP contribution >= 0.6 is 23.8 Å². The standard InChI is InChI=1S/C16H14ClN3OS/c1-19(2)11-4-3-5-12(9-11)20-15(21)13-8-10(17)6-7-14(13)18-16(20)22/h3-9H,1-2H3,(H,18,22). The fourth-order valence-corrected chi connectivity index (χ4v) is 2.80. The second kappa shape index (κ2) is 5.59. The molecule has 0 aliphatic heterocycles. The molecule has 2 aromatic carbocycles. The number of hydrogen-bond donors (Lipinski definition) is 1. The Balaban J connectivity index is 2.34. The molecule has 6 heteroatoms. The molecule has 0 fully saturated rings. The highest BCUT2D eigenvalue weighted by Gasteiger charge is 2.09. The molecule has 0 atom stereocenters. The van der Waals surface area contributed by atoms with E-state index in [1.165, 1.54) is 4.57 Å². The van der Waals surface area contributed by atoms with Crippen LogP contribution in [-0.4, -0.2) is 23.6 Å². The number of H-pyrrole nitrogens is 1. The van der Waals surface area contributed by atoms with E-state index in [-0.39, 0.29) is 5.56 Å². The van der Waals surface area contributed by atoms with Crippen LogP contribution in [0.5, 0.6) is 0 Å². The first-order valence-corrected chi connectivity index (χ1v) is 7.48. The van der Waals surface area contributed by atoms with Gasteiger partial charge < -0.3 is 9.88 Å². The molecule has 0 amide bonds. The van der Waals surface area contributed by atoms with Crippen molar-refractivity contribution in [3.05, 3.63) is 62.6 Å². The molecule has 1 aromatic heterocycles. The van der Waals surface area contributed by atoms with Crippen LogP contribution in [0.15, 0.2) is 47.3 Å². The molecule has 3 aromatic rings. The van der Waals surface area contributed by atoms with Crippen molar-refractivity contribution in [1.29, 1.82) is 0 Å². The first-order chi connectivity index (χ1) is 10.5. The van der Waals surface area contributed by atoms with Crippen LogP contribution in [0.25, 0.3) is 16.6 Å². The summed E-state index contributed by atoms with van der Waals surface area (Å²) in [6.07, 6.45) is 0. The number of benzene rings is 2. The van der Waals surface area contributed by atoms with Crippen LogP contribution < -0.4 is 10.5 Å². The highest BCUT2D eigenvalue weighted by molar-refractivity contribution is 7.71. The number of fused-ring (bicyclic) bond motifs is 1. The van der Waals surface area contributed by atoms with Crippen LogP contribution in [0.1, 0.15) is 0 Å². The summed E-state index contributed by atoms with van der Waals surface area (Å²) < 4.78 is 1.84. The molecular formula is C16H14ClN3OS. The van der Waals surface area contributed by atoms with Crippen molar-refractivity contribution in [3.8, 4) is 5.69 Å². The summed E-state index contributed by atoms with van der Waals surface area (Å²) in [6.45, 7) is 0. The molecule has 0 saturated carbocycles. The van der Waals surface area contributed by atoms with Gasteiger partial charge in [0.25, 0.3) is 5.56 Å². The average molecular weight is 332 g/mol. The summed E-state index contributed by atoms with van der Waals surface area (Å²) in [7, 11) is 3.89. The van der Waals surface area contributed by atoms with Crippen LogP contribution in [0.3, 0.4) is 0 Å². The zero-order chi connectivity index (χ0) is 15.9. The van der Waals surface area contributed by atoms with Gasteiger partial charge >= 0.3 is 0 Å². The summed E-state index contributed by atoms with van der Waals surface area (Å²) in [5.41, 5.74) is 2.21. The van der Waals surface area contributed by atoms with Gasteiger partial charge in [-0.1, -0.05) is 17.7 Å². The minimum absolute atomic E-state index is 0.183. The van der Waals surface area contributed by atoms with Crippen molar-refractivity contribution in [2.24, 2.45) is 0 Å². The molecule has 4 nitrogen and oxygen atoms in total. The first kappa shape index (κ1) is 14.8. The van der Waals surface area contributed by atoms with Gasteiger partial charge in [-0.15, -0.1) is 0 Å². The highest BCUT2D eigenvalue weighted by Crippen LogP contribution is 2.19. The molecule has 0 spiro atoms. The maximum atomic E-state index is 12.8. The Kier molecular flexibility index (Phi) is 3.76. The predicted molar refractivity (Wildman–Crippen MR) is 94.1 cm³/mol. The smallest absolute Gasteiger partial charge is 0.266 e. The van der Waals surface area contributed by atoms with E-state index in [1.54, 1.807) is 18.2 Å². The quantitative estimate of drug-likeness (QED) is 0.727. The van der Waals surface area contributed by atoms with Crippen molar-refractivity contribution in [3.63, 3.8) is 0 Å². The zero-order valence-electron chi connectivity index (χ0n) is 12.1. The van der Waals surface area contributed by atoms with E-state index in [0.29, 0.717) is 20.7 Å². The lowest BCUT2D eigenvalue weighted by atomic mass is 10.2. The number of nitrogens with one attached hydrogen (secondary N) is 1. The van der Waals surface area contributed by atoms with Crippen molar-refractivity contribution in [2.75, 3.05) is 19.0 Å². The Morgan fingerprint density at radius 2 is 1.95 bits per heavy atom. The Morgan fingerprint density at radius 3 is 2.68 bits per heavy atom. The third kappa shape index (κ3) is 2.53. The summed E-state index contributed by atoms with van der Waals surface area (Å²) in [5, 5.41) is 1.03. The topological polar surface area (TPSA) is 41.0 Å². The molecule has 112 valence electrons. The van der Waals surface area contributed by atoms with E-state index in [2.05, 4.69) is 4.98 Å². The lowest BCUT2D eigenvalue weighted by Crippen LogP contribution is -2.21. The van der Waals surface area contributed by atoms with Crippen molar-refractivity contribution >= 4 is 40.4 Å². The molecule has 1 heterocycles. The van der Waals surface area contributed by atoms with Gasteiger partial charge in [-0.05, 0) is 48.6 Å². The molecule has 0 radical (unpaired) electrons.